The predicted molar refractivity (Wildman–Crippen MR) is 70.3 cm³/mol. The lowest BCUT2D eigenvalue weighted by Crippen LogP contribution is -2.41. The molecule has 0 aromatic heterocycles. The fraction of sp³-hybridized carbons (Fsp3) is 0.538. The van der Waals surface area contributed by atoms with Crippen LogP contribution in [-0.4, -0.2) is 24.2 Å². The number of benzene rings is 1. The van der Waals surface area contributed by atoms with Crippen molar-refractivity contribution in [3.63, 3.8) is 0 Å². The summed E-state index contributed by atoms with van der Waals surface area (Å²) in [6.07, 6.45) is 0. The van der Waals surface area contributed by atoms with Gasteiger partial charge in [-0.15, -0.1) is 0 Å². The lowest BCUT2D eigenvalue weighted by atomic mass is 10.0. The van der Waals surface area contributed by atoms with Gasteiger partial charge in [-0.2, -0.15) is 11.8 Å². The molecule has 16 heavy (non-hydrogen) atoms. The van der Waals surface area contributed by atoms with Gasteiger partial charge in [-0.05, 0) is 24.6 Å². The van der Waals surface area contributed by atoms with Crippen LogP contribution in [0.1, 0.15) is 25.5 Å². The van der Waals surface area contributed by atoms with Crippen LogP contribution in [-0.2, 0) is 0 Å². The Kier molecular flexibility index (Phi) is 3.77. The maximum Gasteiger partial charge on any atom is 0.118 e. The van der Waals surface area contributed by atoms with E-state index in [9.17, 15) is 0 Å². The Morgan fingerprint density at radius 3 is 2.56 bits per heavy atom. The molecule has 0 aliphatic carbocycles. The van der Waals surface area contributed by atoms with E-state index in [4.69, 9.17) is 4.74 Å². The van der Waals surface area contributed by atoms with E-state index in [1.807, 2.05) is 23.9 Å². The lowest BCUT2D eigenvalue weighted by Gasteiger charge is -2.34. The van der Waals surface area contributed by atoms with Crippen LogP contribution in [0.25, 0.3) is 0 Å². The predicted octanol–water partition coefficient (Wildman–Crippen LogP) is 2.85. The number of thioether (sulfide) groups is 1. The molecule has 1 fully saturated rings. The maximum atomic E-state index is 5.18. The first-order chi connectivity index (χ1) is 7.70. The van der Waals surface area contributed by atoms with E-state index in [2.05, 4.69) is 31.3 Å². The van der Waals surface area contributed by atoms with E-state index in [0.717, 1.165) is 5.75 Å². The van der Waals surface area contributed by atoms with Crippen LogP contribution in [0.15, 0.2) is 24.3 Å². The summed E-state index contributed by atoms with van der Waals surface area (Å²) in [6, 6.07) is 9.44. The maximum absolute atomic E-state index is 5.18. The second kappa shape index (κ2) is 5.11. The summed E-state index contributed by atoms with van der Waals surface area (Å²) in [5, 5.41) is 4.29. The summed E-state index contributed by atoms with van der Waals surface area (Å²) in [5.41, 5.74) is 1.35. The Morgan fingerprint density at radius 1 is 1.25 bits per heavy atom. The summed E-state index contributed by atoms with van der Waals surface area (Å²) < 4.78 is 5.18. The number of nitrogens with one attached hydrogen (secondary N) is 1. The van der Waals surface area contributed by atoms with Crippen molar-refractivity contribution in [2.75, 3.05) is 12.9 Å². The van der Waals surface area contributed by atoms with Crippen LogP contribution in [0.5, 0.6) is 5.75 Å². The van der Waals surface area contributed by atoms with E-state index < -0.39 is 0 Å². The molecule has 1 aliphatic heterocycles. The molecular weight excluding hydrogens is 218 g/mol. The molecule has 1 saturated heterocycles. The highest BCUT2D eigenvalue weighted by Gasteiger charge is 2.26. The molecule has 88 valence electrons. The Hall–Kier alpha value is -0.670. The number of methoxy groups -OCH3 is 1. The monoisotopic (exact) mass is 237 g/mol. The molecule has 0 bridgehead atoms. The zero-order valence-corrected chi connectivity index (χ0v) is 10.9. The Balaban J connectivity index is 2.15. The van der Waals surface area contributed by atoms with Gasteiger partial charge in [0.2, 0.25) is 0 Å². The summed E-state index contributed by atoms with van der Waals surface area (Å²) in [6.45, 7) is 4.54. The summed E-state index contributed by atoms with van der Waals surface area (Å²) in [7, 11) is 1.70. The standard InChI is InChI=1S/C13H19NOS/c1-9-8-16-10(2)13(14-9)11-4-6-12(15-3)7-5-11/h4-7,9-10,13-14H,8H2,1-3H3. The first kappa shape index (κ1) is 11.8. The highest BCUT2D eigenvalue weighted by molar-refractivity contribution is 8.00. The molecule has 0 saturated carbocycles. The Labute approximate surface area is 102 Å². The molecule has 3 unspecified atom stereocenters. The van der Waals surface area contributed by atoms with Gasteiger partial charge >= 0.3 is 0 Å². The summed E-state index contributed by atoms with van der Waals surface area (Å²) in [5.74, 6) is 2.13. The van der Waals surface area contributed by atoms with E-state index in [-0.39, 0.29) is 0 Å². The largest absolute Gasteiger partial charge is 0.497 e. The van der Waals surface area contributed by atoms with Crippen LogP contribution in [0, 0.1) is 0 Å². The third-order valence-corrected chi connectivity index (χ3v) is 4.51. The van der Waals surface area contributed by atoms with Crippen LogP contribution < -0.4 is 10.1 Å². The van der Waals surface area contributed by atoms with Gasteiger partial charge in [-0.1, -0.05) is 19.1 Å². The van der Waals surface area contributed by atoms with Gasteiger partial charge in [-0.25, -0.2) is 0 Å². The van der Waals surface area contributed by atoms with Crippen LogP contribution in [0.3, 0.4) is 0 Å². The molecule has 1 aliphatic rings. The molecule has 1 heterocycles. The summed E-state index contributed by atoms with van der Waals surface area (Å²) in [4.78, 5) is 0. The second-order valence-electron chi connectivity index (χ2n) is 4.36. The van der Waals surface area contributed by atoms with Crippen molar-refractivity contribution in [2.45, 2.75) is 31.2 Å². The first-order valence-corrected chi connectivity index (χ1v) is 6.77. The normalized spacial score (nSPS) is 30.1. The Morgan fingerprint density at radius 2 is 1.94 bits per heavy atom. The molecule has 1 N–H and O–H groups in total. The molecule has 1 aromatic carbocycles. The van der Waals surface area contributed by atoms with Crippen molar-refractivity contribution >= 4 is 11.8 Å². The zero-order valence-electron chi connectivity index (χ0n) is 10.1. The lowest BCUT2D eigenvalue weighted by molar-refractivity contribution is 0.413. The molecule has 2 nitrogen and oxygen atoms in total. The molecule has 0 spiro atoms. The topological polar surface area (TPSA) is 21.3 Å². The van der Waals surface area contributed by atoms with Crippen LogP contribution in [0.4, 0.5) is 0 Å². The van der Waals surface area contributed by atoms with E-state index in [1.54, 1.807) is 7.11 Å². The van der Waals surface area contributed by atoms with Crippen molar-refractivity contribution in [2.24, 2.45) is 0 Å². The van der Waals surface area contributed by atoms with Gasteiger partial charge in [0.05, 0.1) is 7.11 Å². The average Bonchev–Trinajstić information content (AvgIpc) is 2.32. The first-order valence-electron chi connectivity index (χ1n) is 5.72. The molecule has 1 aromatic rings. The van der Waals surface area contributed by atoms with E-state index >= 15 is 0 Å². The molecule has 0 amide bonds. The minimum atomic E-state index is 0.458. The molecule has 3 atom stereocenters. The third kappa shape index (κ3) is 2.53. The number of hydrogen-bond acceptors (Lipinski definition) is 3. The molecule has 2 rings (SSSR count). The van der Waals surface area contributed by atoms with Crippen molar-refractivity contribution < 1.29 is 4.74 Å². The van der Waals surface area contributed by atoms with Gasteiger partial charge in [-0.3, -0.25) is 0 Å². The molecular formula is C13H19NOS. The second-order valence-corrected chi connectivity index (χ2v) is 5.77. The van der Waals surface area contributed by atoms with Gasteiger partial charge in [0.15, 0.2) is 0 Å². The summed E-state index contributed by atoms with van der Waals surface area (Å²) >= 11 is 2.05. The van der Waals surface area contributed by atoms with Gasteiger partial charge in [0.25, 0.3) is 0 Å². The van der Waals surface area contributed by atoms with E-state index in [1.165, 1.54) is 11.3 Å². The van der Waals surface area contributed by atoms with Crippen molar-refractivity contribution in [3.05, 3.63) is 29.8 Å². The SMILES string of the molecule is COc1ccc(C2NC(C)CSC2C)cc1. The number of hydrogen-bond donors (Lipinski definition) is 1. The van der Waals surface area contributed by atoms with Crippen molar-refractivity contribution in [1.82, 2.24) is 5.32 Å². The molecule has 3 heteroatoms. The van der Waals surface area contributed by atoms with Gasteiger partial charge < -0.3 is 10.1 Å². The highest BCUT2D eigenvalue weighted by Crippen LogP contribution is 2.32. The van der Waals surface area contributed by atoms with Crippen LogP contribution in [0.2, 0.25) is 0 Å². The third-order valence-electron chi connectivity index (χ3n) is 3.02. The fourth-order valence-corrected chi connectivity index (χ4v) is 3.18. The van der Waals surface area contributed by atoms with E-state index in [0.29, 0.717) is 17.3 Å². The van der Waals surface area contributed by atoms with Crippen molar-refractivity contribution in [1.29, 1.82) is 0 Å². The Bertz CT molecular complexity index is 338. The minimum absolute atomic E-state index is 0.458. The smallest absolute Gasteiger partial charge is 0.118 e. The average molecular weight is 237 g/mol. The highest BCUT2D eigenvalue weighted by atomic mass is 32.2. The quantitative estimate of drug-likeness (QED) is 0.854. The van der Waals surface area contributed by atoms with Gasteiger partial charge in [0, 0.05) is 23.1 Å². The van der Waals surface area contributed by atoms with Crippen LogP contribution >= 0.6 is 11.8 Å². The number of rotatable bonds is 2. The fourth-order valence-electron chi connectivity index (χ4n) is 2.06. The van der Waals surface area contributed by atoms with Gasteiger partial charge in [0.1, 0.15) is 5.75 Å². The minimum Gasteiger partial charge on any atom is -0.497 e. The van der Waals surface area contributed by atoms with Crippen molar-refractivity contribution in [3.8, 4) is 5.75 Å². The molecule has 0 radical (unpaired) electrons. The number of ether oxygens (including phenoxy) is 1. The zero-order chi connectivity index (χ0) is 11.5.